The van der Waals surface area contributed by atoms with Crippen molar-refractivity contribution >= 4 is 11.7 Å². The summed E-state index contributed by atoms with van der Waals surface area (Å²) in [7, 11) is 1.68. The molecule has 0 aromatic heterocycles. The number of carbonyl (C=O) groups is 1. The molecular weight excluding hydrogens is 258 g/mol. The van der Waals surface area contributed by atoms with Crippen molar-refractivity contribution in [2.24, 2.45) is 10.9 Å². The maximum atomic E-state index is 12.5. The van der Waals surface area contributed by atoms with Gasteiger partial charge in [-0.05, 0) is 26.0 Å². The lowest BCUT2D eigenvalue weighted by Gasteiger charge is -2.25. The number of para-hydroxylation sites is 1. The third-order valence-electron chi connectivity index (χ3n) is 3.03. The predicted octanol–water partition coefficient (Wildman–Crippen LogP) is 1.68. The Morgan fingerprint density at radius 2 is 2.15 bits per heavy atom. The lowest BCUT2D eigenvalue weighted by atomic mass is 10.1. The van der Waals surface area contributed by atoms with E-state index in [0.717, 1.165) is 0 Å². The number of oxime groups is 1. The standard InChI is InChI=1S/C14H21N3O3/c1-4-20-12-8-6-5-7-11(12)14(18)17(3)10(2)9-13(15)16-19/h5-8,10,19H,4,9H2,1-3H3,(H2,15,16). The molecule has 1 unspecified atom stereocenters. The first-order chi connectivity index (χ1) is 9.51. The molecule has 3 N–H and O–H groups in total. The molecule has 6 heteroatoms. The van der Waals surface area contributed by atoms with Crippen LogP contribution in [0.2, 0.25) is 0 Å². The number of benzene rings is 1. The molecule has 6 nitrogen and oxygen atoms in total. The molecule has 0 heterocycles. The van der Waals surface area contributed by atoms with Gasteiger partial charge in [0.2, 0.25) is 0 Å². The summed E-state index contributed by atoms with van der Waals surface area (Å²) in [5.41, 5.74) is 5.97. The number of amides is 1. The fourth-order valence-corrected chi connectivity index (χ4v) is 1.80. The van der Waals surface area contributed by atoms with Crippen LogP contribution < -0.4 is 10.5 Å². The fraction of sp³-hybridized carbons (Fsp3) is 0.429. The molecular formula is C14H21N3O3. The second kappa shape index (κ2) is 7.37. The molecule has 110 valence electrons. The third kappa shape index (κ3) is 3.88. The lowest BCUT2D eigenvalue weighted by Crippen LogP contribution is -2.38. The number of hydrogen-bond donors (Lipinski definition) is 2. The molecule has 0 spiro atoms. The SMILES string of the molecule is CCOc1ccccc1C(=O)N(C)C(C)CC(N)=NO. The highest BCUT2D eigenvalue weighted by Crippen LogP contribution is 2.20. The molecule has 20 heavy (non-hydrogen) atoms. The normalized spacial score (nSPS) is 12.8. The van der Waals surface area contributed by atoms with Crippen molar-refractivity contribution in [3.05, 3.63) is 29.8 Å². The van der Waals surface area contributed by atoms with Gasteiger partial charge in [0.1, 0.15) is 11.6 Å². The summed E-state index contributed by atoms with van der Waals surface area (Å²) in [5.74, 6) is 0.491. The average Bonchev–Trinajstić information content (AvgIpc) is 2.46. The Morgan fingerprint density at radius 3 is 2.75 bits per heavy atom. The van der Waals surface area contributed by atoms with Crippen LogP contribution >= 0.6 is 0 Å². The number of nitrogens with zero attached hydrogens (tertiary/aromatic N) is 2. The van der Waals surface area contributed by atoms with E-state index in [-0.39, 0.29) is 17.8 Å². The van der Waals surface area contributed by atoms with Crippen LogP contribution in [0, 0.1) is 0 Å². The van der Waals surface area contributed by atoms with Crippen molar-refractivity contribution in [1.82, 2.24) is 4.90 Å². The summed E-state index contributed by atoms with van der Waals surface area (Å²) in [6.07, 6.45) is 0.301. The van der Waals surface area contributed by atoms with Gasteiger partial charge in [0.05, 0.1) is 12.2 Å². The number of nitrogens with two attached hydrogens (primary N) is 1. The second-order valence-corrected chi connectivity index (χ2v) is 4.49. The molecule has 0 bridgehead atoms. The first kappa shape index (κ1) is 15.8. The summed E-state index contributed by atoms with van der Waals surface area (Å²) < 4.78 is 5.45. The van der Waals surface area contributed by atoms with Crippen LogP contribution in [0.15, 0.2) is 29.4 Å². The van der Waals surface area contributed by atoms with Gasteiger partial charge in [-0.25, -0.2) is 0 Å². The predicted molar refractivity (Wildman–Crippen MR) is 77.2 cm³/mol. The van der Waals surface area contributed by atoms with Crippen molar-refractivity contribution in [3.63, 3.8) is 0 Å². The molecule has 1 amide bonds. The number of rotatable bonds is 6. The summed E-state index contributed by atoms with van der Waals surface area (Å²) in [4.78, 5) is 14.0. The minimum atomic E-state index is -0.187. The lowest BCUT2D eigenvalue weighted by molar-refractivity contribution is 0.0743. The van der Waals surface area contributed by atoms with Crippen LogP contribution in [0.1, 0.15) is 30.6 Å². The van der Waals surface area contributed by atoms with Gasteiger partial charge in [-0.1, -0.05) is 17.3 Å². The van der Waals surface area contributed by atoms with Crippen LogP contribution in [-0.4, -0.2) is 41.5 Å². The molecule has 1 aromatic carbocycles. The van der Waals surface area contributed by atoms with E-state index in [2.05, 4.69) is 5.16 Å². The molecule has 0 radical (unpaired) electrons. The number of amidine groups is 1. The zero-order chi connectivity index (χ0) is 15.1. The van der Waals surface area contributed by atoms with E-state index < -0.39 is 0 Å². The quantitative estimate of drug-likeness (QED) is 0.359. The van der Waals surface area contributed by atoms with Gasteiger partial charge in [-0.2, -0.15) is 0 Å². The zero-order valence-electron chi connectivity index (χ0n) is 12.0. The van der Waals surface area contributed by atoms with Crippen LogP contribution in [0.4, 0.5) is 0 Å². The Morgan fingerprint density at radius 1 is 1.50 bits per heavy atom. The maximum absolute atomic E-state index is 12.5. The van der Waals surface area contributed by atoms with Crippen molar-refractivity contribution in [3.8, 4) is 5.75 Å². The molecule has 1 atom stereocenters. The average molecular weight is 279 g/mol. The Bertz CT molecular complexity index is 488. The first-order valence-electron chi connectivity index (χ1n) is 6.46. The van der Waals surface area contributed by atoms with E-state index in [4.69, 9.17) is 15.7 Å². The van der Waals surface area contributed by atoms with Gasteiger partial charge in [-0.15, -0.1) is 0 Å². The fourth-order valence-electron chi connectivity index (χ4n) is 1.80. The van der Waals surface area contributed by atoms with Gasteiger partial charge < -0.3 is 20.6 Å². The highest BCUT2D eigenvalue weighted by molar-refractivity contribution is 5.97. The molecule has 1 aromatic rings. The van der Waals surface area contributed by atoms with Crippen LogP contribution in [0.5, 0.6) is 5.75 Å². The van der Waals surface area contributed by atoms with E-state index in [1.807, 2.05) is 19.9 Å². The van der Waals surface area contributed by atoms with Crippen molar-refractivity contribution in [1.29, 1.82) is 0 Å². The topological polar surface area (TPSA) is 88.2 Å². The molecule has 0 saturated heterocycles. The summed E-state index contributed by atoms with van der Waals surface area (Å²) in [6, 6.07) is 6.91. The number of hydrogen-bond acceptors (Lipinski definition) is 4. The second-order valence-electron chi connectivity index (χ2n) is 4.49. The van der Waals surface area contributed by atoms with Crippen LogP contribution in [0.25, 0.3) is 0 Å². The Kier molecular flexibility index (Phi) is 5.83. The summed E-state index contributed by atoms with van der Waals surface area (Å²) >= 11 is 0. The van der Waals surface area contributed by atoms with Crippen molar-refractivity contribution in [2.45, 2.75) is 26.3 Å². The summed E-state index contributed by atoms with van der Waals surface area (Å²) in [6.45, 7) is 4.19. The molecule has 0 fully saturated rings. The van der Waals surface area contributed by atoms with Gasteiger partial charge >= 0.3 is 0 Å². The Hall–Kier alpha value is -2.24. The van der Waals surface area contributed by atoms with E-state index in [1.54, 1.807) is 30.1 Å². The zero-order valence-corrected chi connectivity index (χ0v) is 12.0. The molecule has 0 aliphatic carbocycles. The minimum absolute atomic E-state index is 0.0928. The monoisotopic (exact) mass is 279 g/mol. The molecule has 0 aliphatic rings. The van der Waals surface area contributed by atoms with E-state index in [1.165, 1.54) is 0 Å². The van der Waals surface area contributed by atoms with Gasteiger partial charge in [0.25, 0.3) is 5.91 Å². The smallest absolute Gasteiger partial charge is 0.257 e. The third-order valence-corrected chi connectivity index (χ3v) is 3.03. The van der Waals surface area contributed by atoms with Crippen LogP contribution in [0.3, 0.4) is 0 Å². The molecule has 0 saturated carbocycles. The van der Waals surface area contributed by atoms with E-state index >= 15 is 0 Å². The van der Waals surface area contributed by atoms with Gasteiger partial charge in [0, 0.05) is 19.5 Å². The highest BCUT2D eigenvalue weighted by Gasteiger charge is 2.21. The molecule has 1 rings (SSSR count). The molecule has 0 aliphatic heterocycles. The van der Waals surface area contributed by atoms with Crippen molar-refractivity contribution < 1.29 is 14.7 Å². The Balaban J connectivity index is 2.88. The maximum Gasteiger partial charge on any atom is 0.257 e. The first-order valence-corrected chi connectivity index (χ1v) is 6.46. The van der Waals surface area contributed by atoms with Gasteiger partial charge in [-0.3, -0.25) is 4.79 Å². The summed E-state index contributed by atoms with van der Waals surface area (Å²) in [5, 5.41) is 11.5. The van der Waals surface area contributed by atoms with Gasteiger partial charge in [0.15, 0.2) is 0 Å². The highest BCUT2D eigenvalue weighted by atomic mass is 16.5. The number of ether oxygens (including phenoxy) is 1. The Labute approximate surface area is 118 Å². The number of carbonyl (C=O) groups excluding carboxylic acids is 1. The van der Waals surface area contributed by atoms with Crippen LogP contribution in [-0.2, 0) is 0 Å². The largest absolute Gasteiger partial charge is 0.493 e. The van der Waals surface area contributed by atoms with E-state index in [0.29, 0.717) is 24.3 Å². The minimum Gasteiger partial charge on any atom is -0.493 e. The van der Waals surface area contributed by atoms with E-state index in [9.17, 15) is 4.79 Å². The van der Waals surface area contributed by atoms with Crippen molar-refractivity contribution in [2.75, 3.05) is 13.7 Å².